The van der Waals surface area contributed by atoms with Crippen molar-refractivity contribution >= 4 is 0 Å². The monoisotopic (exact) mass is 137 g/mol. The van der Waals surface area contributed by atoms with Crippen LogP contribution in [0.4, 0.5) is 4.39 Å². The largest absolute Gasteiger partial charge is 0.490 e. The van der Waals surface area contributed by atoms with E-state index in [0.717, 1.165) is 12.0 Å². The lowest BCUT2D eigenvalue weighted by Crippen LogP contribution is -1.87. The molecule has 1 aromatic carbocycles. The molecule has 1 aliphatic heterocycles. The second kappa shape index (κ2) is 1.97. The van der Waals surface area contributed by atoms with E-state index in [0.29, 0.717) is 12.4 Å². The number of fused-ring (bicyclic) bond motifs is 1. The van der Waals surface area contributed by atoms with Crippen LogP contribution in [0.2, 0.25) is 0 Å². The van der Waals surface area contributed by atoms with Gasteiger partial charge in [0.1, 0.15) is 0 Å². The minimum atomic E-state index is -0.272. The Balaban J connectivity index is 2.59. The summed E-state index contributed by atoms with van der Waals surface area (Å²) in [5.41, 5.74) is 0.861. The van der Waals surface area contributed by atoms with Crippen molar-refractivity contribution in [3.05, 3.63) is 29.6 Å². The maximum atomic E-state index is 12.7. The van der Waals surface area contributed by atoms with Crippen molar-refractivity contribution in [2.45, 2.75) is 6.42 Å². The molecule has 1 radical (unpaired) electrons. The molecule has 2 rings (SSSR count). The molecular weight excluding hydrogens is 131 g/mol. The van der Waals surface area contributed by atoms with E-state index in [1.807, 2.05) is 0 Å². The SMILES string of the molecule is Fc1cc[c]c2c1OCC2. The molecule has 0 aliphatic carbocycles. The van der Waals surface area contributed by atoms with Gasteiger partial charge in [0.25, 0.3) is 0 Å². The van der Waals surface area contributed by atoms with E-state index >= 15 is 0 Å². The molecule has 0 unspecified atom stereocenters. The Morgan fingerprint density at radius 2 is 2.50 bits per heavy atom. The van der Waals surface area contributed by atoms with Crippen LogP contribution in [-0.2, 0) is 6.42 Å². The Labute approximate surface area is 58.4 Å². The fourth-order valence-corrected chi connectivity index (χ4v) is 1.10. The fraction of sp³-hybridized carbons (Fsp3) is 0.250. The molecular formula is C8H6FO. The van der Waals surface area contributed by atoms with Gasteiger partial charge in [0.15, 0.2) is 11.6 Å². The molecule has 10 heavy (non-hydrogen) atoms. The molecule has 51 valence electrons. The zero-order valence-corrected chi connectivity index (χ0v) is 5.36. The third-order valence-corrected chi connectivity index (χ3v) is 1.58. The van der Waals surface area contributed by atoms with Crippen LogP contribution in [0.25, 0.3) is 0 Å². The highest BCUT2D eigenvalue weighted by Gasteiger charge is 2.15. The molecule has 1 heterocycles. The van der Waals surface area contributed by atoms with Gasteiger partial charge in [0.2, 0.25) is 0 Å². The Morgan fingerprint density at radius 1 is 1.60 bits per heavy atom. The van der Waals surface area contributed by atoms with Crippen molar-refractivity contribution in [2.75, 3.05) is 6.61 Å². The predicted molar refractivity (Wildman–Crippen MR) is 34.4 cm³/mol. The zero-order chi connectivity index (χ0) is 6.97. The fourth-order valence-electron chi connectivity index (χ4n) is 1.10. The normalized spacial score (nSPS) is 14.5. The highest BCUT2D eigenvalue weighted by atomic mass is 19.1. The van der Waals surface area contributed by atoms with Crippen molar-refractivity contribution in [1.29, 1.82) is 0 Å². The lowest BCUT2D eigenvalue weighted by atomic mass is 10.2. The minimum absolute atomic E-state index is 0.272. The maximum Gasteiger partial charge on any atom is 0.165 e. The molecule has 0 atom stereocenters. The molecule has 2 heteroatoms. The average Bonchev–Trinajstić information content (AvgIpc) is 2.36. The Morgan fingerprint density at radius 3 is 3.30 bits per heavy atom. The van der Waals surface area contributed by atoms with Gasteiger partial charge in [-0.25, -0.2) is 4.39 Å². The molecule has 0 saturated carbocycles. The smallest absolute Gasteiger partial charge is 0.165 e. The highest BCUT2D eigenvalue weighted by Crippen LogP contribution is 2.26. The molecule has 0 fully saturated rings. The summed E-state index contributed by atoms with van der Waals surface area (Å²) in [6.45, 7) is 0.590. The second-order valence-corrected chi connectivity index (χ2v) is 2.23. The quantitative estimate of drug-likeness (QED) is 0.527. The predicted octanol–water partition coefficient (Wildman–Crippen LogP) is 1.56. The molecule has 0 N–H and O–H groups in total. The van der Waals surface area contributed by atoms with Gasteiger partial charge >= 0.3 is 0 Å². The molecule has 0 saturated heterocycles. The summed E-state index contributed by atoms with van der Waals surface area (Å²) >= 11 is 0. The summed E-state index contributed by atoms with van der Waals surface area (Å²) in [4.78, 5) is 0. The van der Waals surface area contributed by atoms with Crippen molar-refractivity contribution in [3.8, 4) is 5.75 Å². The van der Waals surface area contributed by atoms with Crippen LogP contribution in [0.15, 0.2) is 12.1 Å². The Kier molecular flexibility index (Phi) is 1.13. The average molecular weight is 137 g/mol. The van der Waals surface area contributed by atoms with Crippen LogP contribution in [0.3, 0.4) is 0 Å². The standard InChI is InChI=1S/C8H6FO/c9-7-3-1-2-6-4-5-10-8(6)7/h1,3H,4-5H2. The summed E-state index contributed by atoms with van der Waals surface area (Å²) in [5, 5.41) is 0. The Bertz CT molecular complexity index is 257. The van der Waals surface area contributed by atoms with Gasteiger partial charge in [-0.1, -0.05) is 6.07 Å². The molecule has 0 bridgehead atoms. The zero-order valence-electron chi connectivity index (χ0n) is 5.36. The van der Waals surface area contributed by atoms with Gasteiger partial charge in [0.05, 0.1) is 6.61 Å². The van der Waals surface area contributed by atoms with Gasteiger partial charge in [0, 0.05) is 12.0 Å². The first-order valence-corrected chi connectivity index (χ1v) is 3.20. The van der Waals surface area contributed by atoms with E-state index in [2.05, 4.69) is 6.07 Å². The maximum absolute atomic E-state index is 12.7. The first kappa shape index (κ1) is 5.71. The van der Waals surface area contributed by atoms with Crippen LogP contribution in [-0.4, -0.2) is 6.61 Å². The third kappa shape index (κ3) is 0.685. The Hall–Kier alpha value is -1.05. The van der Waals surface area contributed by atoms with Crippen LogP contribution >= 0.6 is 0 Å². The number of benzene rings is 1. The molecule has 1 nitrogen and oxygen atoms in total. The van der Waals surface area contributed by atoms with Crippen LogP contribution in [0.5, 0.6) is 5.75 Å². The summed E-state index contributed by atoms with van der Waals surface area (Å²) in [6, 6.07) is 5.88. The summed E-state index contributed by atoms with van der Waals surface area (Å²) in [6.07, 6.45) is 0.785. The van der Waals surface area contributed by atoms with Crippen LogP contribution in [0.1, 0.15) is 5.56 Å². The second-order valence-electron chi connectivity index (χ2n) is 2.23. The summed E-state index contributed by atoms with van der Waals surface area (Å²) in [5.74, 6) is 0.119. The minimum Gasteiger partial charge on any atom is -0.490 e. The number of ether oxygens (including phenoxy) is 1. The number of hydrogen-bond donors (Lipinski definition) is 0. The van der Waals surface area contributed by atoms with E-state index in [1.165, 1.54) is 6.07 Å². The molecule has 0 aromatic heterocycles. The molecule has 0 spiro atoms. The van der Waals surface area contributed by atoms with Crippen molar-refractivity contribution < 1.29 is 9.13 Å². The highest BCUT2D eigenvalue weighted by molar-refractivity contribution is 5.36. The number of halogens is 1. The lowest BCUT2D eigenvalue weighted by molar-refractivity contribution is 0.339. The lowest BCUT2D eigenvalue weighted by Gasteiger charge is -1.97. The van der Waals surface area contributed by atoms with Gasteiger partial charge in [-0.3, -0.25) is 0 Å². The molecule has 0 amide bonds. The van der Waals surface area contributed by atoms with E-state index in [1.54, 1.807) is 6.07 Å². The van der Waals surface area contributed by atoms with Gasteiger partial charge in [-0.2, -0.15) is 0 Å². The third-order valence-electron chi connectivity index (χ3n) is 1.58. The van der Waals surface area contributed by atoms with Crippen molar-refractivity contribution in [3.63, 3.8) is 0 Å². The van der Waals surface area contributed by atoms with Crippen LogP contribution in [0, 0.1) is 11.9 Å². The summed E-state index contributed by atoms with van der Waals surface area (Å²) < 4.78 is 17.8. The van der Waals surface area contributed by atoms with Gasteiger partial charge < -0.3 is 4.74 Å². The topological polar surface area (TPSA) is 9.23 Å². The van der Waals surface area contributed by atoms with Gasteiger partial charge in [-0.15, -0.1) is 0 Å². The van der Waals surface area contributed by atoms with Crippen molar-refractivity contribution in [2.24, 2.45) is 0 Å². The van der Waals surface area contributed by atoms with Crippen molar-refractivity contribution in [1.82, 2.24) is 0 Å². The first-order chi connectivity index (χ1) is 4.88. The van der Waals surface area contributed by atoms with E-state index < -0.39 is 0 Å². The number of rotatable bonds is 0. The first-order valence-electron chi connectivity index (χ1n) is 3.20. The van der Waals surface area contributed by atoms with Crippen LogP contribution < -0.4 is 4.74 Å². The van der Waals surface area contributed by atoms with E-state index in [9.17, 15) is 4.39 Å². The molecule has 1 aliphatic rings. The van der Waals surface area contributed by atoms with Gasteiger partial charge in [-0.05, 0) is 12.1 Å². The van der Waals surface area contributed by atoms with E-state index in [4.69, 9.17) is 4.74 Å². The van der Waals surface area contributed by atoms with E-state index in [-0.39, 0.29) is 5.82 Å². The molecule has 1 aromatic rings. The number of hydrogen-bond acceptors (Lipinski definition) is 1. The summed E-state index contributed by atoms with van der Waals surface area (Å²) in [7, 11) is 0.